The lowest BCUT2D eigenvalue weighted by Crippen LogP contribution is -2.57. The Morgan fingerprint density at radius 3 is 2.47 bits per heavy atom. The fraction of sp³-hybridized carbons (Fsp3) is 0.625. The molecule has 0 saturated heterocycles. The molecule has 0 aromatic heterocycles. The van der Waals surface area contributed by atoms with Crippen molar-refractivity contribution in [3.05, 3.63) is 34.9 Å². The summed E-state index contributed by atoms with van der Waals surface area (Å²) in [5.74, 6) is -2.35. The molecule has 1 aromatic rings. The fourth-order valence-electron chi connectivity index (χ4n) is 5.84. The van der Waals surface area contributed by atoms with Gasteiger partial charge in [0, 0.05) is 0 Å². The van der Waals surface area contributed by atoms with Crippen LogP contribution in [0, 0.1) is 11.3 Å². The second kappa shape index (κ2) is 8.05. The first-order chi connectivity index (χ1) is 14.0. The highest BCUT2D eigenvalue weighted by atomic mass is 16.4. The Morgan fingerprint density at radius 1 is 1.17 bits per heavy atom. The molecular formula is C24H33NO5. The van der Waals surface area contributed by atoms with Crippen LogP contribution < -0.4 is 5.32 Å². The normalized spacial score (nSPS) is 28.9. The first-order valence-electron chi connectivity index (χ1n) is 10.9. The molecule has 6 heteroatoms. The van der Waals surface area contributed by atoms with Crippen molar-refractivity contribution in [2.24, 2.45) is 11.3 Å². The zero-order valence-electron chi connectivity index (χ0n) is 18.3. The Balaban J connectivity index is 1.92. The minimum atomic E-state index is -1.41. The van der Waals surface area contributed by atoms with Crippen LogP contribution in [0.3, 0.4) is 0 Å². The number of amides is 1. The molecule has 2 aliphatic rings. The van der Waals surface area contributed by atoms with Crippen molar-refractivity contribution in [3.8, 4) is 0 Å². The zero-order chi connectivity index (χ0) is 22.3. The Hall–Kier alpha value is -2.37. The maximum Gasteiger partial charge on any atom is 0.326 e. The number of aliphatic carboxylic acids is 2. The van der Waals surface area contributed by atoms with Gasteiger partial charge in [0.2, 0.25) is 5.91 Å². The first kappa shape index (κ1) is 22.3. The number of fused-ring (bicyclic) bond motifs is 3. The highest BCUT2D eigenvalue weighted by molar-refractivity contribution is 5.89. The third-order valence-electron chi connectivity index (χ3n) is 7.54. The molecule has 3 rings (SSSR count). The third kappa shape index (κ3) is 3.84. The molecule has 0 bridgehead atoms. The van der Waals surface area contributed by atoms with Crippen molar-refractivity contribution in [1.29, 1.82) is 0 Å². The summed E-state index contributed by atoms with van der Waals surface area (Å²) in [6, 6.07) is 5.31. The van der Waals surface area contributed by atoms with Gasteiger partial charge in [-0.3, -0.25) is 9.59 Å². The predicted octanol–water partition coefficient (Wildman–Crippen LogP) is 3.86. The molecule has 1 saturated carbocycles. The van der Waals surface area contributed by atoms with Gasteiger partial charge >= 0.3 is 11.9 Å². The summed E-state index contributed by atoms with van der Waals surface area (Å²) < 4.78 is 0. The van der Waals surface area contributed by atoms with Gasteiger partial charge in [0.15, 0.2) is 0 Å². The van der Waals surface area contributed by atoms with E-state index in [1.807, 2.05) is 6.92 Å². The topological polar surface area (TPSA) is 104 Å². The van der Waals surface area contributed by atoms with Gasteiger partial charge in [-0.15, -0.1) is 0 Å². The van der Waals surface area contributed by atoms with Crippen molar-refractivity contribution in [1.82, 2.24) is 5.32 Å². The average molecular weight is 416 g/mol. The van der Waals surface area contributed by atoms with E-state index in [9.17, 15) is 19.5 Å². The molecule has 3 N–H and O–H groups in total. The number of nitrogens with one attached hydrogen (secondary N) is 1. The maximum atomic E-state index is 13.3. The van der Waals surface area contributed by atoms with Crippen molar-refractivity contribution in [2.75, 3.05) is 0 Å². The molecule has 6 nitrogen and oxygen atoms in total. The van der Waals surface area contributed by atoms with E-state index in [4.69, 9.17) is 5.11 Å². The summed E-state index contributed by atoms with van der Waals surface area (Å²) >= 11 is 0. The lowest BCUT2D eigenvalue weighted by molar-refractivity contribution is -0.150. The van der Waals surface area contributed by atoms with Crippen molar-refractivity contribution >= 4 is 17.8 Å². The summed E-state index contributed by atoms with van der Waals surface area (Å²) in [5.41, 5.74) is 3.11. The minimum absolute atomic E-state index is 0.0791. The molecule has 2 aliphatic carbocycles. The van der Waals surface area contributed by atoms with Crippen LogP contribution in [0.4, 0.5) is 0 Å². The van der Waals surface area contributed by atoms with Gasteiger partial charge in [0.25, 0.3) is 0 Å². The lowest BCUT2D eigenvalue weighted by atomic mass is 9.49. The van der Waals surface area contributed by atoms with E-state index in [0.29, 0.717) is 12.3 Å². The van der Waals surface area contributed by atoms with Crippen LogP contribution in [0.5, 0.6) is 0 Å². The Morgan fingerprint density at radius 2 is 1.87 bits per heavy atom. The largest absolute Gasteiger partial charge is 0.481 e. The number of rotatable bonds is 6. The van der Waals surface area contributed by atoms with E-state index < -0.39 is 29.8 Å². The molecule has 1 amide bonds. The summed E-state index contributed by atoms with van der Waals surface area (Å²) in [4.78, 5) is 35.8. The van der Waals surface area contributed by atoms with E-state index in [-0.39, 0.29) is 17.2 Å². The van der Waals surface area contributed by atoms with Gasteiger partial charge in [0.05, 0.1) is 11.8 Å². The van der Waals surface area contributed by atoms with Crippen LogP contribution in [-0.2, 0) is 26.2 Å². The second-order valence-corrected chi connectivity index (χ2v) is 9.81. The monoisotopic (exact) mass is 415 g/mol. The van der Waals surface area contributed by atoms with Crippen LogP contribution in [-0.4, -0.2) is 34.1 Å². The van der Waals surface area contributed by atoms with Gasteiger partial charge in [0.1, 0.15) is 6.04 Å². The highest BCUT2D eigenvalue weighted by Gasteiger charge is 2.55. The quantitative estimate of drug-likeness (QED) is 0.654. The van der Waals surface area contributed by atoms with Crippen molar-refractivity contribution < 1.29 is 24.6 Å². The molecule has 4 atom stereocenters. The van der Waals surface area contributed by atoms with E-state index in [0.717, 1.165) is 25.7 Å². The number of carbonyl (C=O) groups is 3. The summed E-state index contributed by atoms with van der Waals surface area (Å²) in [6.45, 7) is 8.54. The molecule has 30 heavy (non-hydrogen) atoms. The number of benzene rings is 1. The molecule has 0 heterocycles. The van der Waals surface area contributed by atoms with Crippen LogP contribution >= 0.6 is 0 Å². The molecule has 1 unspecified atom stereocenters. The predicted molar refractivity (Wildman–Crippen MR) is 113 cm³/mol. The van der Waals surface area contributed by atoms with Crippen LogP contribution in [0.2, 0.25) is 0 Å². The summed E-state index contributed by atoms with van der Waals surface area (Å²) in [5, 5.41) is 20.9. The number of aryl methyl sites for hydroxylation is 1. The van der Waals surface area contributed by atoms with Gasteiger partial charge in [-0.05, 0) is 59.6 Å². The Labute approximate surface area is 178 Å². The molecule has 0 spiro atoms. The van der Waals surface area contributed by atoms with Crippen LogP contribution in [0.15, 0.2) is 18.2 Å². The van der Waals surface area contributed by atoms with Crippen LogP contribution in [0.1, 0.15) is 82.4 Å². The maximum absolute atomic E-state index is 13.3. The smallest absolute Gasteiger partial charge is 0.326 e. The van der Waals surface area contributed by atoms with Crippen LogP contribution in [0.25, 0.3) is 0 Å². The zero-order valence-corrected chi connectivity index (χ0v) is 18.3. The fourth-order valence-corrected chi connectivity index (χ4v) is 5.84. The van der Waals surface area contributed by atoms with E-state index in [1.165, 1.54) is 16.7 Å². The second-order valence-electron chi connectivity index (χ2n) is 9.81. The van der Waals surface area contributed by atoms with E-state index in [2.05, 4.69) is 44.3 Å². The van der Waals surface area contributed by atoms with E-state index in [1.54, 1.807) is 0 Å². The minimum Gasteiger partial charge on any atom is -0.481 e. The SMILES string of the molecule is CC(C)c1ccc2c(c1)CC[C@H]1[C@](C)(C(=O)NC(CC(=O)O)C(=O)O)CCC[C@]21C. The molecule has 0 aliphatic heterocycles. The lowest BCUT2D eigenvalue weighted by Gasteiger charge is -2.54. The molecule has 0 radical (unpaired) electrons. The number of hydrogen-bond donors (Lipinski definition) is 3. The van der Waals surface area contributed by atoms with Gasteiger partial charge < -0.3 is 15.5 Å². The highest BCUT2D eigenvalue weighted by Crippen LogP contribution is 2.57. The van der Waals surface area contributed by atoms with E-state index >= 15 is 0 Å². The summed E-state index contributed by atoms with van der Waals surface area (Å²) in [6.07, 6.45) is 3.69. The third-order valence-corrected chi connectivity index (χ3v) is 7.54. The molecule has 1 aromatic carbocycles. The van der Waals surface area contributed by atoms with Crippen molar-refractivity contribution in [2.45, 2.75) is 83.6 Å². The van der Waals surface area contributed by atoms with Gasteiger partial charge in [-0.1, -0.05) is 52.3 Å². The number of hydrogen-bond acceptors (Lipinski definition) is 3. The standard InChI is InChI=1S/C24H33NO5/c1-14(2)15-6-8-17-16(12-15)7-9-19-23(17,3)10-5-11-24(19,4)22(30)25-18(21(28)29)13-20(26)27/h6,8,12,14,18-19H,5,7,9-11,13H2,1-4H3,(H,25,30)(H,26,27)(H,28,29)/t18?,19-,23-,24-/m1/s1. The number of carboxylic acids is 2. The van der Waals surface area contributed by atoms with Gasteiger partial charge in [-0.25, -0.2) is 4.79 Å². The number of carboxylic acid groups (broad SMARTS) is 2. The molecule has 1 fully saturated rings. The summed E-state index contributed by atoms with van der Waals surface area (Å²) in [7, 11) is 0. The number of carbonyl (C=O) groups excluding carboxylic acids is 1. The van der Waals surface area contributed by atoms with Crippen molar-refractivity contribution in [3.63, 3.8) is 0 Å². The average Bonchev–Trinajstić information content (AvgIpc) is 2.66. The van der Waals surface area contributed by atoms with Gasteiger partial charge in [-0.2, -0.15) is 0 Å². The first-order valence-corrected chi connectivity index (χ1v) is 10.9. The molecular weight excluding hydrogens is 382 g/mol. The Kier molecular flexibility index (Phi) is 5.99. The molecule has 164 valence electrons. The Bertz CT molecular complexity index is 863.